The Morgan fingerprint density at radius 2 is 1.67 bits per heavy atom. The van der Waals surface area contributed by atoms with Gasteiger partial charge in [-0.15, -0.1) is 0 Å². The molecule has 5 rings (SSSR count). The minimum Gasteiger partial charge on any atom is -0.344 e. The number of anilines is 1. The highest BCUT2D eigenvalue weighted by Crippen LogP contribution is 2.29. The standard InChI is InChI=1S/C38H51FN8O4/c1-4-33(48)43-34(38(51)46-22-20-45(21-23-46)25-29-14-10-11-18-40-29)26(3)28-15-16-31(30(39)24-28)42-37(50)35(27-12-8-6-7-9-13-27)44-36(49)32-17-19-41-47(32)5-2/h10-11,14-19,24,26-27,34-35H,4-9,12-13,20-23,25H2,1-3H3,(H,42,50)(H,43,48)(H,44,49)/t26-,34+,35-/m0/s1. The quantitative estimate of drug-likeness (QED) is 0.223. The van der Waals surface area contributed by atoms with Gasteiger partial charge in [-0.3, -0.25) is 33.7 Å². The largest absolute Gasteiger partial charge is 0.344 e. The average Bonchev–Trinajstić information content (AvgIpc) is 3.48. The summed E-state index contributed by atoms with van der Waals surface area (Å²) in [6, 6.07) is 10.1. The van der Waals surface area contributed by atoms with Crippen LogP contribution in [0.1, 0.15) is 93.4 Å². The van der Waals surface area contributed by atoms with Crippen LogP contribution in [-0.4, -0.2) is 86.5 Å². The molecule has 1 aliphatic carbocycles. The number of halogens is 1. The van der Waals surface area contributed by atoms with Crippen LogP contribution in [0.4, 0.5) is 10.1 Å². The van der Waals surface area contributed by atoms with Gasteiger partial charge in [0.05, 0.1) is 11.4 Å². The molecule has 274 valence electrons. The second-order valence-corrected chi connectivity index (χ2v) is 13.6. The third-order valence-electron chi connectivity index (χ3n) is 10.2. The summed E-state index contributed by atoms with van der Waals surface area (Å²) in [5, 5.41) is 12.7. The van der Waals surface area contributed by atoms with Gasteiger partial charge in [0, 0.05) is 64.0 Å². The number of nitrogens with one attached hydrogen (secondary N) is 3. The Bertz CT molecular complexity index is 1630. The Kier molecular flexibility index (Phi) is 13.3. The SMILES string of the molecule is CCC(=O)N[C@@H](C(=O)N1CCN(Cc2ccccn2)CC1)[C@@H](C)c1ccc(NC(=O)[C@@H](NC(=O)c2ccnn2CC)C2CCCCCC2)c(F)c1. The number of benzene rings is 1. The van der Waals surface area contributed by atoms with Gasteiger partial charge in [-0.25, -0.2) is 4.39 Å². The number of carbonyl (C=O) groups is 4. The molecule has 1 saturated carbocycles. The lowest BCUT2D eigenvalue weighted by Crippen LogP contribution is -2.56. The van der Waals surface area contributed by atoms with Gasteiger partial charge in [0.25, 0.3) is 5.91 Å². The summed E-state index contributed by atoms with van der Waals surface area (Å²) in [6.07, 6.45) is 9.12. The van der Waals surface area contributed by atoms with Crippen LogP contribution in [-0.2, 0) is 27.5 Å². The molecule has 2 aliphatic rings. The molecule has 3 N–H and O–H groups in total. The maximum absolute atomic E-state index is 15.8. The first-order valence-corrected chi connectivity index (χ1v) is 18.3. The Morgan fingerprint density at radius 1 is 0.922 bits per heavy atom. The Labute approximate surface area is 299 Å². The number of pyridine rings is 1. The van der Waals surface area contributed by atoms with Crippen molar-refractivity contribution < 1.29 is 23.6 Å². The number of hydrogen-bond acceptors (Lipinski definition) is 7. The topological polar surface area (TPSA) is 142 Å². The van der Waals surface area contributed by atoms with Gasteiger partial charge in [0.15, 0.2) is 0 Å². The van der Waals surface area contributed by atoms with Crippen LogP contribution in [0.25, 0.3) is 0 Å². The monoisotopic (exact) mass is 702 g/mol. The first kappa shape index (κ1) is 37.6. The maximum Gasteiger partial charge on any atom is 0.270 e. The second kappa shape index (κ2) is 18.0. The number of aryl methyl sites for hydroxylation is 1. The fraction of sp³-hybridized carbons (Fsp3) is 0.526. The molecule has 51 heavy (non-hydrogen) atoms. The number of piperazine rings is 1. The number of aromatic nitrogens is 3. The van der Waals surface area contributed by atoms with Crippen molar-refractivity contribution in [1.82, 2.24) is 35.2 Å². The van der Waals surface area contributed by atoms with Crippen molar-refractivity contribution in [2.45, 2.75) is 96.8 Å². The highest BCUT2D eigenvalue weighted by atomic mass is 19.1. The van der Waals surface area contributed by atoms with Gasteiger partial charge < -0.3 is 20.9 Å². The van der Waals surface area contributed by atoms with Crippen LogP contribution >= 0.6 is 0 Å². The molecule has 3 aromatic rings. The molecule has 12 nitrogen and oxygen atoms in total. The van der Waals surface area contributed by atoms with E-state index in [0.717, 1.165) is 44.2 Å². The minimum absolute atomic E-state index is 0.0214. The molecule has 1 saturated heterocycles. The number of amides is 4. The molecule has 3 atom stereocenters. The first-order valence-electron chi connectivity index (χ1n) is 18.3. The zero-order valence-electron chi connectivity index (χ0n) is 29.9. The van der Waals surface area contributed by atoms with E-state index in [-0.39, 0.29) is 29.8 Å². The van der Waals surface area contributed by atoms with Gasteiger partial charge >= 0.3 is 0 Å². The van der Waals surface area contributed by atoms with Crippen LogP contribution < -0.4 is 16.0 Å². The molecule has 2 aromatic heterocycles. The zero-order valence-corrected chi connectivity index (χ0v) is 29.9. The van der Waals surface area contributed by atoms with E-state index in [2.05, 4.69) is 30.9 Å². The van der Waals surface area contributed by atoms with E-state index in [0.29, 0.717) is 50.5 Å². The molecule has 3 heterocycles. The van der Waals surface area contributed by atoms with Crippen LogP contribution in [0.5, 0.6) is 0 Å². The summed E-state index contributed by atoms with van der Waals surface area (Å²) in [6.45, 7) is 8.91. The fourth-order valence-electron chi connectivity index (χ4n) is 7.07. The highest BCUT2D eigenvalue weighted by molar-refractivity contribution is 6.00. The predicted octanol–water partition coefficient (Wildman–Crippen LogP) is 4.49. The summed E-state index contributed by atoms with van der Waals surface area (Å²) in [4.78, 5) is 62.0. The lowest BCUT2D eigenvalue weighted by molar-refractivity contribution is -0.138. The first-order chi connectivity index (χ1) is 24.7. The molecule has 0 spiro atoms. The number of carbonyl (C=O) groups excluding carboxylic acids is 4. The highest BCUT2D eigenvalue weighted by Gasteiger charge is 2.35. The van der Waals surface area contributed by atoms with Crippen molar-refractivity contribution >= 4 is 29.3 Å². The Hall–Kier alpha value is -4.65. The molecular weight excluding hydrogens is 651 g/mol. The van der Waals surface area contributed by atoms with Gasteiger partial charge in [-0.1, -0.05) is 51.7 Å². The van der Waals surface area contributed by atoms with E-state index in [4.69, 9.17) is 0 Å². The molecular formula is C38H51FN8O4. The molecule has 2 fully saturated rings. The van der Waals surface area contributed by atoms with Gasteiger partial charge in [0.2, 0.25) is 17.7 Å². The normalized spacial score (nSPS) is 17.5. The number of rotatable bonds is 13. The van der Waals surface area contributed by atoms with E-state index >= 15 is 4.39 Å². The van der Waals surface area contributed by atoms with Crippen LogP contribution in [0.3, 0.4) is 0 Å². The Morgan fingerprint density at radius 3 is 2.31 bits per heavy atom. The van der Waals surface area contributed by atoms with Crippen molar-refractivity contribution in [2.24, 2.45) is 5.92 Å². The van der Waals surface area contributed by atoms with Crippen LogP contribution in [0.2, 0.25) is 0 Å². The van der Waals surface area contributed by atoms with Crippen molar-refractivity contribution in [2.75, 3.05) is 31.5 Å². The summed E-state index contributed by atoms with van der Waals surface area (Å²) >= 11 is 0. The summed E-state index contributed by atoms with van der Waals surface area (Å²) < 4.78 is 17.4. The summed E-state index contributed by atoms with van der Waals surface area (Å²) in [7, 11) is 0. The van der Waals surface area contributed by atoms with E-state index < -0.39 is 35.6 Å². The van der Waals surface area contributed by atoms with Gasteiger partial charge in [0.1, 0.15) is 23.6 Å². The lowest BCUT2D eigenvalue weighted by atomic mass is 9.90. The molecule has 1 aromatic carbocycles. The van der Waals surface area contributed by atoms with Gasteiger partial charge in [-0.2, -0.15) is 5.10 Å². The molecule has 13 heteroatoms. The van der Waals surface area contributed by atoms with E-state index in [1.807, 2.05) is 25.1 Å². The molecule has 0 radical (unpaired) electrons. The van der Waals surface area contributed by atoms with Crippen molar-refractivity contribution in [3.8, 4) is 0 Å². The van der Waals surface area contributed by atoms with E-state index in [9.17, 15) is 19.2 Å². The number of hydrogen-bond donors (Lipinski definition) is 3. The van der Waals surface area contributed by atoms with Gasteiger partial charge in [-0.05, 0) is 61.6 Å². The summed E-state index contributed by atoms with van der Waals surface area (Å²) in [5.74, 6) is -2.69. The van der Waals surface area contributed by atoms with E-state index in [1.165, 1.54) is 12.1 Å². The fourth-order valence-corrected chi connectivity index (χ4v) is 7.07. The lowest BCUT2D eigenvalue weighted by Gasteiger charge is -2.37. The smallest absolute Gasteiger partial charge is 0.270 e. The molecule has 4 amide bonds. The van der Waals surface area contributed by atoms with Crippen LogP contribution in [0.15, 0.2) is 54.9 Å². The molecule has 0 bridgehead atoms. The van der Waals surface area contributed by atoms with Crippen LogP contribution in [0, 0.1) is 11.7 Å². The summed E-state index contributed by atoms with van der Waals surface area (Å²) in [5.41, 5.74) is 1.81. The predicted molar refractivity (Wildman–Crippen MR) is 192 cm³/mol. The molecule has 1 aliphatic heterocycles. The average molecular weight is 703 g/mol. The third kappa shape index (κ3) is 9.78. The maximum atomic E-state index is 15.8. The van der Waals surface area contributed by atoms with E-state index in [1.54, 1.807) is 48.0 Å². The molecule has 0 unspecified atom stereocenters. The second-order valence-electron chi connectivity index (χ2n) is 13.6. The Balaban J connectivity index is 1.28. The minimum atomic E-state index is -0.897. The van der Waals surface area contributed by atoms with Crippen molar-refractivity contribution in [1.29, 1.82) is 0 Å². The van der Waals surface area contributed by atoms with Crippen molar-refractivity contribution in [3.63, 3.8) is 0 Å². The van der Waals surface area contributed by atoms with Crippen molar-refractivity contribution in [3.05, 3.63) is 77.6 Å². The zero-order chi connectivity index (χ0) is 36.3. The third-order valence-corrected chi connectivity index (χ3v) is 10.2. The number of nitrogens with zero attached hydrogens (tertiary/aromatic N) is 5.